The Morgan fingerprint density at radius 2 is 1.86 bits per heavy atom. The monoisotopic (exact) mass is 321 g/mol. The average Bonchev–Trinajstić information content (AvgIpc) is 2.94. The number of hydrogen-bond acceptors (Lipinski definition) is 3. The number of rotatable bonds is 4. The van der Waals surface area contributed by atoms with Crippen molar-refractivity contribution in [3.8, 4) is 5.75 Å². The highest BCUT2D eigenvalue weighted by molar-refractivity contribution is 7.92. The molecule has 3 rings (SSSR count). The summed E-state index contributed by atoms with van der Waals surface area (Å²) in [6.07, 6.45) is 2.92. The van der Waals surface area contributed by atoms with Gasteiger partial charge in [0.2, 0.25) is 0 Å². The van der Waals surface area contributed by atoms with Crippen LogP contribution in [0.4, 0.5) is 10.1 Å². The molecule has 0 atom stereocenters. The quantitative estimate of drug-likeness (QED) is 0.941. The van der Waals surface area contributed by atoms with Crippen molar-refractivity contribution < 1.29 is 17.5 Å². The number of methoxy groups -OCH3 is 1. The Bertz CT molecular complexity index is 818. The molecule has 0 heterocycles. The number of ether oxygens (including phenoxy) is 1. The minimum atomic E-state index is -3.78. The lowest BCUT2D eigenvalue weighted by molar-refractivity contribution is 0.416. The van der Waals surface area contributed by atoms with Gasteiger partial charge in [0.1, 0.15) is 11.6 Å². The topological polar surface area (TPSA) is 55.4 Å². The van der Waals surface area contributed by atoms with E-state index in [9.17, 15) is 12.8 Å². The number of benzene rings is 2. The van der Waals surface area contributed by atoms with Crippen LogP contribution in [0.3, 0.4) is 0 Å². The van der Waals surface area contributed by atoms with Crippen LogP contribution in [0, 0.1) is 5.82 Å². The molecule has 0 aliphatic heterocycles. The van der Waals surface area contributed by atoms with E-state index in [0.717, 1.165) is 30.9 Å². The van der Waals surface area contributed by atoms with E-state index in [2.05, 4.69) is 4.72 Å². The van der Waals surface area contributed by atoms with Gasteiger partial charge in [0.15, 0.2) is 0 Å². The summed E-state index contributed by atoms with van der Waals surface area (Å²) >= 11 is 0. The maximum Gasteiger partial charge on any atom is 0.262 e. The fraction of sp³-hybridized carbons (Fsp3) is 0.250. The van der Waals surface area contributed by atoms with Gasteiger partial charge in [0.25, 0.3) is 10.0 Å². The lowest BCUT2D eigenvalue weighted by Crippen LogP contribution is -2.14. The number of hydrogen-bond donors (Lipinski definition) is 1. The van der Waals surface area contributed by atoms with Crippen LogP contribution in [0.5, 0.6) is 5.75 Å². The predicted octanol–water partition coefficient (Wildman–Crippen LogP) is 3.12. The van der Waals surface area contributed by atoms with Crippen molar-refractivity contribution in [2.75, 3.05) is 11.8 Å². The van der Waals surface area contributed by atoms with Gasteiger partial charge in [-0.25, -0.2) is 12.8 Å². The first-order chi connectivity index (χ1) is 10.5. The first kappa shape index (κ1) is 14.8. The Hall–Kier alpha value is -2.08. The van der Waals surface area contributed by atoms with Gasteiger partial charge >= 0.3 is 0 Å². The van der Waals surface area contributed by atoms with Crippen LogP contribution < -0.4 is 9.46 Å². The fourth-order valence-electron chi connectivity index (χ4n) is 2.68. The average molecular weight is 321 g/mol. The number of halogens is 1. The van der Waals surface area contributed by atoms with Crippen LogP contribution in [0.1, 0.15) is 17.5 Å². The zero-order chi connectivity index (χ0) is 15.7. The number of anilines is 1. The van der Waals surface area contributed by atoms with Crippen molar-refractivity contribution in [3.05, 3.63) is 53.3 Å². The van der Waals surface area contributed by atoms with E-state index >= 15 is 0 Å². The molecule has 0 radical (unpaired) electrons. The van der Waals surface area contributed by atoms with Crippen molar-refractivity contribution in [3.63, 3.8) is 0 Å². The van der Waals surface area contributed by atoms with Crippen molar-refractivity contribution in [1.29, 1.82) is 0 Å². The largest absolute Gasteiger partial charge is 0.495 e. The van der Waals surface area contributed by atoms with E-state index in [-0.39, 0.29) is 16.3 Å². The van der Waals surface area contributed by atoms with Crippen LogP contribution in [0.2, 0.25) is 0 Å². The van der Waals surface area contributed by atoms with Gasteiger partial charge in [-0.05, 0) is 54.7 Å². The Labute approximate surface area is 129 Å². The standard InChI is InChI=1S/C16H16FNO3S/c1-21-16-8-6-13(17)10-15(16)18-22(19,20)14-7-5-11-3-2-4-12(11)9-14/h5-10,18H,2-4H2,1H3. The van der Waals surface area contributed by atoms with Gasteiger partial charge in [-0.1, -0.05) is 6.07 Å². The molecule has 22 heavy (non-hydrogen) atoms. The first-order valence-electron chi connectivity index (χ1n) is 6.98. The summed E-state index contributed by atoms with van der Waals surface area (Å²) in [5.41, 5.74) is 2.35. The van der Waals surface area contributed by atoms with Gasteiger partial charge in [-0.2, -0.15) is 0 Å². The summed E-state index contributed by atoms with van der Waals surface area (Å²) in [6, 6.07) is 8.82. The second kappa shape index (κ2) is 5.61. The van der Waals surface area contributed by atoms with E-state index in [0.29, 0.717) is 0 Å². The molecule has 1 aliphatic carbocycles. The van der Waals surface area contributed by atoms with E-state index in [1.54, 1.807) is 12.1 Å². The molecule has 116 valence electrons. The van der Waals surface area contributed by atoms with Crippen molar-refractivity contribution in [2.45, 2.75) is 24.2 Å². The summed E-state index contributed by atoms with van der Waals surface area (Å²) in [5, 5.41) is 0. The molecule has 2 aromatic rings. The second-order valence-corrected chi connectivity index (χ2v) is 6.92. The third-order valence-electron chi connectivity index (χ3n) is 3.79. The van der Waals surface area contributed by atoms with E-state index in [4.69, 9.17) is 4.74 Å². The zero-order valence-electron chi connectivity index (χ0n) is 12.1. The van der Waals surface area contributed by atoms with Crippen LogP contribution in [-0.4, -0.2) is 15.5 Å². The number of aryl methyl sites for hydroxylation is 2. The number of fused-ring (bicyclic) bond motifs is 1. The molecule has 0 fully saturated rings. The lowest BCUT2D eigenvalue weighted by Gasteiger charge is -2.12. The predicted molar refractivity (Wildman–Crippen MR) is 82.2 cm³/mol. The highest BCUT2D eigenvalue weighted by atomic mass is 32.2. The second-order valence-electron chi connectivity index (χ2n) is 5.23. The molecule has 0 aromatic heterocycles. The minimum absolute atomic E-state index is 0.0861. The van der Waals surface area contributed by atoms with Crippen LogP contribution >= 0.6 is 0 Å². The molecule has 1 aliphatic rings. The summed E-state index contributed by atoms with van der Waals surface area (Å²) < 4.78 is 45.8. The van der Waals surface area contributed by atoms with Crippen molar-refractivity contribution in [1.82, 2.24) is 0 Å². The minimum Gasteiger partial charge on any atom is -0.495 e. The summed E-state index contributed by atoms with van der Waals surface area (Å²) in [7, 11) is -2.38. The molecule has 0 unspecified atom stereocenters. The van der Waals surface area contributed by atoms with Crippen molar-refractivity contribution in [2.24, 2.45) is 0 Å². The van der Waals surface area contributed by atoms with Crippen LogP contribution in [0.15, 0.2) is 41.3 Å². The maximum atomic E-state index is 13.4. The Morgan fingerprint density at radius 1 is 1.09 bits per heavy atom. The Kier molecular flexibility index (Phi) is 3.78. The van der Waals surface area contributed by atoms with E-state index in [1.807, 2.05) is 6.07 Å². The highest BCUT2D eigenvalue weighted by Gasteiger charge is 2.20. The smallest absolute Gasteiger partial charge is 0.262 e. The molecule has 6 heteroatoms. The molecule has 0 spiro atoms. The normalized spacial score (nSPS) is 13.7. The molecule has 1 N–H and O–H groups in total. The van der Waals surface area contributed by atoms with Crippen LogP contribution in [0.25, 0.3) is 0 Å². The Balaban J connectivity index is 1.96. The van der Waals surface area contributed by atoms with Crippen molar-refractivity contribution >= 4 is 15.7 Å². The first-order valence-corrected chi connectivity index (χ1v) is 8.46. The molecule has 0 saturated carbocycles. The van der Waals surface area contributed by atoms with E-state index < -0.39 is 15.8 Å². The van der Waals surface area contributed by atoms with E-state index in [1.165, 1.54) is 24.8 Å². The highest BCUT2D eigenvalue weighted by Crippen LogP contribution is 2.29. The summed E-state index contributed by atoms with van der Waals surface area (Å²) in [6.45, 7) is 0. The fourth-order valence-corrected chi connectivity index (χ4v) is 3.79. The molecule has 0 saturated heterocycles. The molecular formula is C16H16FNO3S. The molecule has 0 amide bonds. The molecule has 4 nitrogen and oxygen atoms in total. The Morgan fingerprint density at radius 3 is 2.64 bits per heavy atom. The van der Waals surface area contributed by atoms with Gasteiger partial charge in [0, 0.05) is 6.07 Å². The zero-order valence-corrected chi connectivity index (χ0v) is 12.9. The molecule has 0 bridgehead atoms. The maximum absolute atomic E-state index is 13.4. The number of sulfonamides is 1. The number of nitrogens with one attached hydrogen (secondary N) is 1. The third kappa shape index (κ3) is 2.78. The van der Waals surface area contributed by atoms with Crippen LogP contribution in [-0.2, 0) is 22.9 Å². The van der Waals surface area contributed by atoms with Gasteiger partial charge in [-0.15, -0.1) is 0 Å². The van der Waals surface area contributed by atoms with Gasteiger partial charge in [0.05, 0.1) is 17.7 Å². The lowest BCUT2D eigenvalue weighted by atomic mass is 10.1. The summed E-state index contributed by atoms with van der Waals surface area (Å²) in [5.74, 6) is -0.265. The van der Waals surface area contributed by atoms with Gasteiger partial charge in [-0.3, -0.25) is 4.72 Å². The third-order valence-corrected chi connectivity index (χ3v) is 5.15. The SMILES string of the molecule is COc1ccc(F)cc1NS(=O)(=O)c1ccc2c(c1)CCC2. The molecular weight excluding hydrogens is 305 g/mol. The molecule has 2 aromatic carbocycles. The van der Waals surface area contributed by atoms with Gasteiger partial charge < -0.3 is 4.74 Å². The summed E-state index contributed by atoms with van der Waals surface area (Å²) in [4.78, 5) is 0.180.